The molecule has 2 aliphatic rings. The molecule has 0 amide bonds. The van der Waals surface area contributed by atoms with Crippen molar-refractivity contribution in [3.05, 3.63) is 0 Å². The monoisotopic (exact) mass is 252 g/mol. The summed E-state index contributed by atoms with van der Waals surface area (Å²) in [7, 11) is 0. The smallest absolute Gasteiger partial charge is 0.0120 e. The van der Waals surface area contributed by atoms with Gasteiger partial charge in [-0.3, -0.25) is 4.90 Å². The third kappa shape index (κ3) is 3.08. The lowest BCUT2D eigenvalue weighted by atomic mass is 9.81. The minimum atomic E-state index is 0.738. The molecule has 1 saturated heterocycles. The molecule has 18 heavy (non-hydrogen) atoms. The van der Waals surface area contributed by atoms with Gasteiger partial charge in [0.15, 0.2) is 0 Å². The molecule has 0 aromatic heterocycles. The normalized spacial score (nSPS) is 43.0. The Labute approximate surface area is 114 Å². The molecule has 2 fully saturated rings. The van der Waals surface area contributed by atoms with Gasteiger partial charge in [0.1, 0.15) is 0 Å². The van der Waals surface area contributed by atoms with E-state index >= 15 is 0 Å². The maximum atomic E-state index is 3.67. The van der Waals surface area contributed by atoms with Crippen molar-refractivity contribution in [3.8, 4) is 0 Å². The zero-order chi connectivity index (χ0) is 13.1. The highest BCUT2D eigenvalue weighted by molar-refractivity contribution is 4.92. The van der Waals surface area contributed by atoms with Crippen LogP contribution < -0.4 is 5.32 Å². The van der Waals surface area contributed by atoms with E-state index in [0.29, 0.717) is 0 Å². The molecule has 1 aliphatic heterocycles. The molecule has 0 spiro atoms. The number of piperidine rings is 1. The molecule has 1 saturated carbocycles. The lowest BCUT2D eigenvalue weighted by Gasteiger charge is -2.48. The molecule has 1 aliphatic carbocycles. The summed E-state index contributed by atoms with van der Waals surface area (Å²) in [6, 6.07) is 2.36. The number of rotatable bonds is 3. The van der Waals surface area contributed by atoms with E-state index in [-0.39, 0.29) is 0 Å². The van der Waals surface area contributed by atoms with Gasteiger partial charge in [-0.2, -0.15) is 0 Å². The van der Waals surface area contributed by atoms with Gasteiger partial charge in [-0.05, 0) is 44.6 Å². The van der Waals surface area contributed by atoms with Crippen LogP contribution in [0.5, 0.6) is 0 Å². The highest BCUT2D eigenvalue weighted by Crippen LogP contribution is 2.33. The van der Waals surface area contributed by atoms with Crippen molar-refractivity contribution in [3.63, 3.8) is 0 Å². The molecular formula is C16H32N2. The van der Waals surface area contributed by atoms with Crippen LogP contribution in [-0.4, -0.2) is 36.1 Å². The molecular weight excluding hydrogens is 220 g/mol. The molecule has 5 unspecified atom stereocenters. The zero-order valence-corrected chi connectivity index (χ0v) is 12.8. The van der Waals surface area contributed by atoms with Crippen LogP contribution in [-0.2, 0) is 0 Å². The van der Waals surface area contributed by atoms with Crippen LogP contribution in [0.1, 0.15) is 59.8 Å². The quantitative estimate of drug-likeness (QED) is 0.829. The number of nitrogens with zero attached hydrogens (tertiary/aromatic N) is 1. The van der Waals surface area contributed by atoms with Gasteiger partial charge >= 0.3 is 0 Å². The van der Waals surface area contributed by atoms with E-state index in [1.165, 1.54) is 38.6 Å². The number of likely N-dealkylation sites (tertiary alicyclic amines) is 1. The standard InChI is InChI=1S/C16H32N2/c1-5-17-16-9-10-18(14(4)13(16)3)15-8-6-7-12(2)11-15/h12-17H,5-11H2,1-4H3. The number of hydrogen-bond acceptors (Lipinski definition) is 2. The Kier molecular flexibility index (Phi) is 5.08. The Balaban J connectivity index is 1.94. The summed E-state index contributed by atoms with van der Waals surface area (Å²) in [6.07, 6.45) is 7.11. The van der Waals surface area contributed by atoms with Crippen molar-refractivity contribution in [1.29, 1.82) is 0 Å². The largest absolute Gasteiger partial charge is 0.314 e. The topological polar surface area (TPSA) is 15.3 Å². The van der Waals surface area contributed by atoms with Crippen molar-refractivity contribution in [2.75, 3.05) is 13.1 Å². The van der Waals surface area contributed by atoms with Gasteiger partial charge in [0.2, 0.25) is 0 Å². The van der Waals surface area contributed by atoms with Crippen LogP contribution >= 0.6 is 0 Å². The van der Waals surface area contributed by atoms with E-state index < -0.39 is 0 Å². The fourth-order valence-electron chi connectivity index (χ4n) is 4.16. The zero-order valence-electron chi connectivity index (χ0n) is 12.8. The predicted octanol–water partition coefficient (Wildman–Crippen LogP) is 3.27. The molecule has 1 N–H and O–H groups in total. The van der Waals surface area contributed by atoms with Crippen molar-refractivity contribution in [2.24, 2.45) is 11.8 Å². The van der Waals surface area contributed by atoms with Crippen molar-refractivity contribution >= 4 is 0 Å². The summed E-state index contributed by atoms with van der Waals surface area (Å²) in [5, 5.41) is 3.67. The highest BCUT2D eigenvalue weighted by atomic mass is 15.2. The molecule has 0 radical (unpaired) electrons. The van der Waals surface area contributed by atoms with E-state index in [0.717, 1.165) is 36.5 Å². The van der Waals surface area contributed by atoms with E-state index in [4.69, 9.17) is 0 Å². The molecule has 0 aromatic carbocycles. The fraction of sp³-hybridized carbons (Fsp3) is 1.00. The maximum Gasteiger partial charge on any atom is 0.0120 e. The summed E-state index contributed by atoms with van der Waals surface area (Å²) in [6.45, 7) is 12.0. The van der Waals surface area contributed by atoms with Crippen molar-refractivity contribution < 1.29 is 0 Å². The average Bonchev–Trinajstić information content (AvgIpc) is 2.35. The average molecular weight is 252 g/mol. The second kappa shape index (κ2) is 6.38. The van der Waals surface area contributed by atoms with Gasteiger partial charge in [-0.15, -0.1) is 0 Å². The predicted molar refractivity (Wildman–Crippen MR) is 78.8 cm³/mol. The van der Waals surface area contributed by atoms with Gasteiger partial charge in [0, 0.05) is 24.7 Å². The van der Waals surface area contributed by atoms with E-state index in [2.05, 4.69) is 37.9 Å². The summed E-state index contributed by atoms with van der Waals surface area (Å²) in [4.78, 5) is 2.83. The first-order valence-corrected chi connectivity index (χ1v) is 8.12. The van der Waals surface area contributed by atoms with Crippen LogP contribution in [0.15, 0.2) is 0 Å². The Hall–Kier alpha value is -0.0800. The Morgan fingerprint density at radius 2 is 1.89 bits per heavy atom. The summed E-state index contributed by atoms with van der Waals surface area (Å²) in [5.41, 5.74) is 0. The summed E-state index contributed by atoms with van der Waals surface area (Å²) in [5.74, 6) is 1.73. The van der Waals surface area contributed by atoms with E-state index in [1.807, 2.05) is 0 Å². The molecule has 2 heteroatoms. The van der Waals surface area contributed by atoms with Crippen LogP contribution in [0.3, 0.4) is 0 Å². The lowest BCUT2D eigenvalue weighted by molar-refractivity contribution is 0.0246. The van der Waals surface area contributed by atoms with Gasteiger partial charge in [0.05, 0.1) is 0 Å². The van der Waals surface area contributed by atoms with Gasteiger partial charge < -0.3 is 5.32 Å². The molecule has 2 rings (SSSR count). The Morgan fingerprint density at radius 3 is 2.56 bits per heavy atom. The third-order valence-electron chi connectivity index (χ3n) is 5.46. The third-order valence-corrected chi connectivity index (χ3v) is 5.46. The molecule has 0 aromatic rings. The minimum absolute atomic E-state index is 0.738. The SMILES string of the molecule is CCNC1CCN(C2CCCC(C)C2)C(C)C1C. The number of hydrogen-bond donors (Lipinski definition) is 1. The lowest BCUT2D eigenvalue weighted by Crippen LogP contribution is -2.56. The van der Waals surface area contributed by atoms with Crippen LogP contribution in [0, 0.1) is 11.8 Å². The van der Waals surface area contributed by atoms with Crippen LogP contribution in [0.4, 0.5) is 0 Å². The first-order chi connectivity index (χ1) is 8.63. The molecule has 1 heterocycles. The van der Waals surface area contributed by atoms with Gasteiger partial charge in [-0.1, -0.05) is 33.6 Å². The molecule has 2 nitrogen and oxygen atoms in total. The highest BCUT2D eigenvalue weighted by Gasteiger charge is 2.36. The van der Waals surface area contributed by atoms with E-state index in [1.54, 1.807) is 0 Å². The van der Waals surface area contributed by atoms with Crippen molar-refractivity contribution in [2.45, 2.75) is 77.9 Å². The summed E-state index contributed by atoms with van der Waals surface area (Å²) < 4.78 is 0. The second-order valence-electron chi connectivity index (χ2n) is 6.72. The van der Waals surface area contributed by atoms with Gasteiger partial charge in [0.25, 0.3) is 0 Å². The first kappa shape index (κ1) is 14.3. The molecule has 0 bridgehead atoms. The Bertz CT molecular complexity index is 253. The van der Waals surface area contributed by atoms with Crippen molar-refractivity contribution in [1.82, 2.24) is 10.2 Å². The molecule has 5 atom stereocenters. The Morgan fingerprint density at radius 1 is 1.11 bits per heavy atom. The number of nitrogens with one attached hydrogen (secondary N) is 1. The fourth-order valence-corrected chi connectivity index (χ4v) is 4.16. The minimum Gasteiger partial charge on any atom is -0.314 e. The maximum absolute atomic E-state index is 3.67. The van der Waals surface area contributed by atoms with Gasteiger partial charge in [-0.25, -0.2) is 0 Å². The summed E-state index contributed by atoms with van der Waals surface area (Å²) >= 11 is 0. The van der Waals surface area contributed by atoms with Crippen LogP contribution in [0.25, 0.3) is 0 Å². The first-order valence-electron chi connectivity index (χ1n) is 8.12. The van der Waals surface area contributed by atoms with E-state index in [9.17, 15) is 0 Å². The second-order valence-corrected chi connectivity index (χ2v) is 6.72. The molecule has 106 valence electrons. The van der Waals surface area contributed by atoms with Crippen LogP contribution in [0.2, 0.25) is 0 Å².